The van der Waals surface area contributed by atoms with Crippen LogP contribution in [0.4, 0.5) is 5.69 Å². The van der Waals surface area contributed by atoms with Crippen LogP contribution < -0.4 is 25.4 Å². The predicted molar refractivity (Wildman–Crippen MR) is 114 cm³/mol. The summed E-state index contributed by atoms with van der Waals surface area (Å²) in [6.45, 7) is 3.79. The first-order valence-electron chi connectivity index (χ1n) is 8.81. The Labute approximate surface area is 169 Å². The summed E-state index contributed by atoms with van der Waals surface area (Å²) < 4.78 is 10.7. The number of amides is 1. The smallest absolute Gasteiger partial charge is 0.255 e. The van der Waals surface area contributed by atoms with Crippen molar-refractivity contribution in [3.8, 4) is 11.5 Å². The molecule has 28 heavy (non-hydrogen) atoms. The number of anilines is 1. The number of allylic oxidation sites excluding steroid dienone is 1. The van der Waals surface area contributed by atoms with Crippen LogP contribution in [-0.2, 0) is 4.79 Å². The van der Waals surface area contributed by atoms with Crippen LogP contribution in [0.5, 0.6) is 11.5 Å². The summed E-state index contributed by atoms with van der Waals surface area (Å²) in [5, 5.41) is 9.70. The second-order valence-corrected chi connectivity index (χ2v) is 6.86. The fraction of sp³-hybridized carbons (Fsp3) is 0.238. The molecule has 2 aromatic rings. The van der Waals surface area contributed by atoms with Crippen LogP contribution in [0.3, 0.4) is 0 Å². The number of benzene rings is 2. The second kappa shape index (κ2) is 8.31. The van der Waals surface area contributed by atoms with Crippen molar-refractivity contribution in [1.29, 1.82) is 0 Å². The van der Waals surface area contributed by atoms with E-state index in [0.717, 1.165) is 16.8 Å². The summed E-state index contributed by atoms with van der Waals surface area (Å²) in [5.41, 5.74) is 3.87. The van der Waals surface area contributed by atoms with Crippen LogP contribution in [0.25, 0.3) is 0 Å². The largest absolute Gasteiger partial charge is 0.493 e. The first-order chi connectivity index (χ1) is 13.4. The molecule has 1 amide bonds. The van der Waals surface area contributed by atoms with Crippen molar-refractivity contribution in [3.05, 3.63) is 64.9 Å². The molecule has 3 N–H and O–H groups in total. The van der Waals surface area contributed by atoms with Gasteiger partial charge in [0, 0.05) is 11.4 Å². The molecule has 2 aromatic carbocycles. The van der Waals surface area contributed by atoms with Gasteiger partial charge in [-0.25, -0.2) is 0 Å². The maximum absolute atomic E-state index is 13.1. The van der Waals surface area contributed by atoms with Gasteiger partial charge in [0.05, 0.1) is 25.8 Å². The number of carbonyl (C=O) groups is 1. The average molecular weight is 398 g/mol. The summed E-state index contributed by atoms with van der Waals surface area (Å²) >= 11 is 5.32. The third-order valence-corrected chi connectivity index (χ3v) is 4.87. The SMILES string of the molecule is COc1ccc([C@@H]2NC(=S)NC(C)=C2C(=O)Nc2ccccc2C)cc1OC. The fourth-order valence-corrected chi connectivity index (χ4v) is 3.45. The Morgan fingerprint density at radius 1 is 1.07 bits per heavy atom. The van der Waals surface area contributed by atoms with Gasteiger partial charge >= 0.3 is 0 Å². The molecule has 0 radical (unpaired) electrons. The third kappa shape index (κ3) is 3.94. The highest BCUT2D eigenvalue weighted by molar-refractivity contribution is 7.80. The summed E-state index contributed by atoms with van der Waals surface area (Å²) in [6.07, 6.45) is 0. The first kappa shape index (κ1) is 19.7. The minimum absolute atomic E-state index is 0.200. The lowest BCUT2D eigenvalue weighted by atomic mass is 9.94. The Morgan fingerprint density at radius 3 is 2.46 bits per heavy atom. The van der Waals surface area contributed by atoms with E-state index >= 15 is 0 Å². The molecule has 7 heteroatoms. The van der Waals surface area contributed by atoms with Gasteiger partial charge in [-0.05, 0) is 55.4 Å². The van der Waals surface area contributed by atoms with Gasteiger partial charge in [-0.3, -0.25) is 4.79 Å². The van der Waals surface area contributed by atoms with Crippen LogP contribution in [0, 0.1) is 6.92 Å². The van der Waals surface area contributed by atoms with Crippen molar-refractivity contribution in [2.45, 2.75) is 19.9 Å². The zero-order valence-corrected chi connectivity index (χ0v) is 17.1. The zero-order valence-electron chi connectivity index (χ0n) is 16.3. The van der Waals surface area contributed by atoms with Crippen LogP contribution in [-0.4, -0.2) is 25.2 Å². The van der Waals surface area contributed by atoms with Gasteiger partial charge in [0.1, 0.15) is 0 Å². The summed E-state index contributed by atoms with van der Waals surface area (Å²) in [4.78, 5) is 13.1. The molecule has 146 valence electrons. The Balaban J connectivity index is 1.99. The van der Waals surface area contributed by atoms with E-state index in [2.05, 4.69) is 16.0 Å². The van der Waals surface area contributed by atoms with Crippen LogP contribution in [0.2, 0.25) is 0 Å². The lowest BCUT2D eigenvalue weighted by Crippen LogP contribution is -2.45. The van der Waals surface area contributed by atoms with Gasteiger partial charge in [-0.1, -0.05) is 24.3 Å². The van der Waals surface area contributed by atoms with E-state index in [4.69, 9.17) is 21.7 Å². The highest BCUT2D eigenvalue weighted by Gasteiger charge is 2.30. The third-order valence-electron chi connectivity index (χ3n) is 4.65. The van der Waals surface area contributed by atoms with Gasteiger partial charge in [0.2, 0.25) is 0 Å². The van der Waals surface area contributed by atoms with Gasteiger partial charge in [0.25, 0.3) is 5.91 Å². The van der Waals surface area contributed by atoms with Crippen LogP contribution >= 0.6 is 12.2 Å². The number of aryl methyl sites for hydroxylation is 1. The van der Waals surface area contributed by atoms with E-state index in [1.54, 1.807) is 14.2 Å². The number of thiocarbonyl (C=S) groups is 1. The molecule has 6 nitrogen and oxygen atoms in total. The standard InChI is InChI=1S/C21H23N3O3S/c1-12-7-5-6-8-15(12)23-20(25)18-13(2)22-21(28)24-19(18)14-9-10-16(26-3)17(11-14)27-4/h5-11,19H,1-4H3,(H,23,25)(H2,22,24,28)/t19-/m0/s1. The molecule has 0 aliphatic carbocycles. The molecule has 1 atom stereocenters. The number of methoxy groups -OCH3 is 2. The molecule has 1 aliphatic rings. The number of hydrogen-bond donors (Lipinski definition) is 3. The Kier molecular flexibility index (Phi) is 5.84. The lowest BCUT2D eigenvalue weighted by molar-refractivity contribution is -0.113. The Morgan fingerprint density at radius 2 is 1.79 bits per heavy atom. The van der Waals surface area contributed by atoms with E-state index in [1.165, 1.54) is 0 Å². The summed E-state index contributed by atoms with van der Waals surface area (Å²) in [6, 6.07) is 12.8. The van der Waals surface area contributed by atoms with E-state index in [-0.39, 0.29) is 5.91 Å². The predicted octanol–water partition coefficient (Wildman–Crippen LogP) is 3.44. The Bertz CT molecular complexity index is 956. The molecule has 0 saturated heterocycles. The average Bonchev–Trinajstić information content (AvgIpc) is 2.68. The number of rotatable bonds is 5. The number of carbonyl (C=O) groups excluding carboxylic acids is 1. The molecule has 0 fully saturated rings. The highest BCUT2D eigenvalue weighted by atomic mass is 32.1. The monoisotopic (exact) mass is 397 g/mol. The second-order valence-electron chi connectivity index (χ2n) is 6.45. The lowest BCUT2D eigenvalue weighted by Gasteiger charge is -2.30. The van der Waals surface area contributed by atoms with Gasteiger partial charge in [-0.15, -0.1) is 0 Å². The zero-order chi connectivity index (χ0) is 20.3. The van der Waals surface area contributed by atoms with Gasteiger partial charge in [-0.2, -0.15) is 0 Å². The molecule has 0 saturated carbocycles. The summed E-state index contributed by atoms with van der Waals surface area (Å²) in [5.74, 6) is 1.01. The fourth-order valence-electron chi connectivity index (χ4n) is 3.18. The van der Waals surface area contributed by atoms with Gasteiger partial charge < -0.3 is 25.4 Å². The van der Waals surface area contributed by atoms with Crippen LogP contribution in [0.1, 0.15) is 24.1 Å². The molecule has 1 aliphatic heterocycles. The molecule has 0 unspecified atom stereocenters. The number of ether oxygens (including phenoxy) is 2. The molecule has 1 heterocycles. The van der Waals surface area contributed by atoms with E-state index in [0.29, 0.717) is 27.9 Å². The number of nitrogens with one attached hydrogen (secondary N) is 3. The quantitative estimate of drug-likeness (QED) is 0.672. The molecular weight excluding hydrogens is 374 g/mol. The highest BCUT2D eigenvalue weighted by Crippen LogP contribution is 2.34. The molecule has 0 aromatic heterocycles. The van der Waals surface area contributed by atoms with Crippen molar-refractivity contribution in [1.82, 2.24) is 10.6 Å². The normalized spacial score (nSPS) is 16.1. The van der Waals surface area contributed by atoms with E-state index < -0.39 is 6.04 Å². The maximum Gasteiger partial charge on any atom is 0.255 e. The molecule has 0 spiro atoms. The molecular formula is C21H23N3O3S. The van der Waals surface area contributed by atoms with Crippen molar-refractivity contribution >= 4 is 28.9 Å². The molecule has 3 rings (SSSR count). The first-order valence-corrected chi connectivity index (χ1v) is 9.22. The minimum Gasteiger partial charge on any atom is -0.493 e. The van der Waals surface area contributed by atoms with Crippen molar-refractivity contribution in [2.75, 3.05) is 19.5 Å². The van der Waals surface area contributed by atoms with E-state index in [9.17, 15) is 4.79 Å². The van der Waals surface area contributed by atoms with Crippen LogP contribution in [0.15, 0.2) is 53.7 Å². The maximum atomic E-state index is 13.1. The number of hydrogen-bond acceptors (Lipinski definition) is 4. The number of para-hydroxylation sites is 1. The van der Waals surface area contributed by atoms with Crippen molar-refractivity contribution in [2.24, 2.45) is 0 Å². The summed E-state index contributed by atoms with van der Waals surface area (Å²) in [7, 11) is 3.16. The van der Waals surface area contributed by atoms with Gasteiger partial charge in [0.15, 0.2) is 16.6 Å². The Hall–Kier alpha value is -3.06. The topological polar surface area (TPSA) is 71.6 Å². The molecule has 0 bridgehead atoms. The minimum atomic E-state index is -0.419. The van der Waals surface area contributed by atoms with E-state index in [1.807, 2.05) is 56.3 Å². The van der Waals surface area contributed by atoms with Crippen molar-refractivity contribution in [3.63, 3.8) is 0 Å². The van der Waals surface area contributed by atoms with Crippen molar-refractivity contribution < 1.29 is 14.3 Å².